The average Bonchev–Trinajstić information content (AvgIpc) is 2.30. The molecule has 0 bridgehead atoms. The third-order valence-electron chi connectivity index (χ3n) is 3.39. The molecule has 3 nitrogen and oxygen atoms in total. The number of rotatable bonds is 8. The van der Waals surface area contributed by atoms with Crippen LogP contribution in [0.2, 0.25) is 0 Å². The summed E-state index contributed by atoms with van der Waals surface area (Å²) in [7, 11) is 0. The summed E-state index contributed by atoms with van der Waals surface area (Å²) in [6, 6.07) is 0.587. The Morgan fingerprint density at radius 1 is 1.17 bits per heavy atom. The van der Waals surface area contributed by atoms with Gasteiger partial charge in [-0.2, -0.15) is 0 Å². The van der Waals surface area contributed by atoms with E-state index in [1.54, 1.807) is 0 Å². The van der Waals surface area contributed by atoms with Crippen LogP contribution in [-0.4, -0.2) is 49.8 Å². The van der Waals surface area contributed by atoms with Crippen LogP contribution in [0.1, 0.15) is 47.0 Å². The molecule has 0 amide bonds. The second-order valence-corrected chi connectivity index (χ2v) is 6.23. The molecule has 1 saturated heterocycles. The molecule has 0 spiro atoms. The predicted molar refractivity (Wildman–Crippen MR) is 78.0 cm³/mol. The van der Waals surface area contributed by atoms with Gasteiger partial charge in [0, 0.05) is 32.3 Å². The Bertz CT molecular complexity index is 199. The van der Waals surface area contributed by atoms with Crippen LogP contribution < -0.4 is 5.32 Å². The van der Waals surface area contributed by atoms with Crippen molar-refractivity contribution in [2.45, 2.75) is 59.1 Å². The number of piperidine rings is 1. The maximum absolute atomic E-state index is 5.95. The molecular formula is C15H32N2O. The van der Waals surface area contributed by atoms with Gasteiger partial charge in [0.15, 0.2) is 0 Å². The van der Waals surface area contributed by atoms with Crippen LogP contribution >= 0.6 is 0 Å². The number of nitrogens with zero attached hydrogens (tertiary/aromatic N) is 1. The first-order valence-electron chi connectivity index (χ1n) is 7.65. The van der Waals surface area contributed by atoms with Gasteiger partial charge in [-0.3, -0.25) is 0 Å². The lowest BCUT2D eigenvalue weighted by Crippen LogP contribution is -2.39. The van der Waals surface area contributed by atoms with E-state index in [2.05, 4.69) is 37.9 Å². The van der Waals surface area contributed by atoms with E-state index >= 15 is 0 Å². The van der Waals surface area contributed by atoms with Gasteiger partial charge < -0.3 is 15.0 Å². The van der Waals surface area contributed by atoms with Crippen molar-refractivity contribution in [3.05, 3.63) is 0 Å². The van der Waals surface area contributed by atoms with Crippen molar-refractivity contribution in [1.82, 2.24) is 10.2 Å². The number of hydrogen-bond acceptors (Lipinski definition) is 3. The molecule has 1 aliphatic rings. The minimum Gasteiger partial charge on any atom is -0.378 e. The predicted octanol–water partition coefficient (Wildman–Crippen LogP) is 2.51. The quantitative estimate of drug-likeness (QED) is 0.675. The lowest BCUT2D eigenvalue weighted by molar-refractivity contribution is 0.00458. The molecule has 0 saturated carbocycles. The summed E-state index contributed by atoms with van der Waals surface area (Å²) < 4.78 is 5.95. The summed E-state index contributed by atoms with van der Waals surface area (Å²) in [5.41, 5.74) is 0. The highest BCUT2D eigenvalue weighted by Gasteiger charge is 2.19. The Morgan fingerprint density at radius 3 is 2.39 bits per heavy atom. The number of nitrogens with one attached hydrogen (secondary N) is 1. The summed E-state index contributed by atoms with van der Waals surface area (Å²) in [5, 5.41) is 3.42. The molecule has 1 rings (SSSR count). The van der Waals surface area contributed by atoms with Gasteiger partial charge in [-0.15, -0.1) is 0 Å². The molecule has 0 aliphatic carbocycles. The van der Waals surface area contributed by atoms with Crippen LogP contribution in [0.15, 0.2) is 0 Å². The van der Waals surface area contributed by atoms with Gasteiger partial charge >= 0.3 is 0 Å². The maximum atomic E-state index is 5.95. The molecule has 1 heterocycles. The van der Waals surface area contributed by atoms with E-state index in [1.165, 1.54) is 32.5 Å². The number of hydrogen-bond donors (Lipinski definition) is 1. The van der Waals surface area contributed by atoms with Crippen molar-refractivity contribution in [1.29, 1.82) is 0 Å². The zero-order valence-corrected chi connectivity index (χ0v) is 12.7. The smallest absolute Gasteiger partial charge is 0.0599 e. The van der Waals surface area contributed by atoms with E-state index in [-0.39, 0.29) is 0 Å². The van der Waals surface area contributed by atoms with Gasteiger partial charge in [-0.1, -0.05) is 27.7 Å². The largest absolute Gasteiger partial charge is 0.378 e. The average molecular weight is 256 g/mol. The zero-order chi connectivity index (χ0) is 13.4. The zero-order valence-electron chi connectivity index (χ0n) is 12.7. The van der Waals surface area contributed by atoms with Crippen LogP contribution in [0, 0.1) is 5.92 Å². The highest BCUT2D eigenvalue weighted by molar-refractivity contribution is 4.73. The van der Waals surface area contributed by atoms with Crippen LogP contribution in [-0.2, 0) is 4.74 Å². The first-order valence-corrected chi connectivity index (χ1v) is 7.65. The fourth-order valence-electron chi connectivity index (χ4n) is 2.49. The molecule has 1 fully saturated rings. The lowest BCUT2D eigenvalue weighted by Gasteiger charge is -2.32. The van der Waals surface area contributed by atoms with Gasteiger partial charge in [-0.05, 0) is 31.7 Å². The van der Waals surface area contributed by atoms with E-state index in [0.717, 1.165) is 25.5 Å². The summed E-state index contributed by atoms with van der Waals surface area (Å²) in [4.78, 5) is 2.57. The van der Waals surface area contributed by atoms with Crippen molar-refractivity contribution in [3.63, 3.8) is 0 Å². The van der Waals surface area contributed by atoms with E-state index in [4.69, 9.17) is 4.74 Å². The van der Waals surface area contributed by atoms with Crippen molar-refractivity contribution in [2.24, 2.45) is 5.92 Å². The summed E-state index contributed by atoms with van der Waals surface area (Å²) in [5.74, 6) is 0.782. The lowest BCUT2D eigenvalue weighted by atomic mass is 10.1. The van der Waals surface area contributed by atoms with Crippen molar-refractivity contribution in [3.8, 4) is 0 Å². The topological polar surface area (TPSA) is 24.5 Å². The van der Waals surface area contributed by atoms with Crippen molar-refractivity contribution < 1.29 is 4.74 Å². The molecule has 1 N–H and O–H groups in total. The van der Waals surface area contributed by atoms with E-state index in [0.29, 0.717) is 12.1 Å². The van der Waals surface area contributed by atoms with Gasteiger partial charge in [0.1, 0.15) is 0 Å². The molecule has 18 heavy (non-hydrogen) atoms. The fourth-order valence-corrected chi connectivity index (χ4v) is 2.49. The van der Waals surface area contributed by atoms with Gasteiger partial charge in [0.2, 0.25) is 0 Å². The van der Waals surface area contributed by atoms with Crippen LogP contribution in [0.4, 0.5) is 0 Å². The minimum absolute atomic E-state index is 0.507. The standard InChI is InChI=1S/C15H32N2O/c1-13(2)12-17-9-6-15(7-10-17)18-11-5-8-16-14(3)4/h13-16H,5-12H2,1-4H3. The molecule has 0 aromatic heterocycles. The number of likely N-dealkylation sites (tertiary alicyclic amines) is 1. The molecule has 108 valence electrons. The van der Waals surface area contributed by atoms with E-state index in [1.807, 2.05) is 0 Å². The van der Waals surface area contributed by atoms with Gasteiger partial charge in [0.25, 0.3) is 0 Å². The second kappa shape index (κ2) is 8.89. The molecule has 0 radical (unpaired) electrons. The Labute approximate surface area is 113 Å². The summed E-state index contributed by atoms with van der Waals surface area (Å²) in [6.07, 6.45) is 4.06. The maximum Gasteiger partial charge on any atom is 0.0599 e. The molecular weight excluding hydrogens is 224 g/mol. The van der Waals surface area contributed by atoms with Crippen LogP contribution in [0.3, 0.4) is 0 Å². The Balaban J connectivity index is 1.98. The van der Waals surface area contributed by atoms with Crippen molar-refractivity contribution in [2.75, 3.05) is 32.8 Å². The van der Waals surface area contributed by atoms with Crippen molar-refractivity contribution >= 4 is 0 Å². The molecule has 1 aliphatic heterocycles. The summed E-state index contributed by atoms with van der Waals surface area (Å²) >= 11 is 0. The number of ether oxygens (including phenoxy) is 1. The normalized spacial score (nSPS) is 19.0. The molecule has 0 aromatic carbocycles. The molecule has 0 aromatic rings. The molecule has 0 atom stereocenters. The highest BCUT2D eigenvalue weighted by Crippen LogP contribution is 2.15. The monoisotopic (exact) mass is 256 g/mol. The van der Waals surface area contributed by atoms with Gasteiger partial charge in [-0.25, -0.2) is 0 Å². The Hall–Kier alpha value is -0.120. The first-order chi connectivity index (χ1) is 8.58. The molecule has 3 heteroatoms. The van der Waals surface area contributed by atoms with E-state index in [9.17, 15) is 0 Å². The van der Waals surface area contributed by atoms with Crippen LogP contribution in [0.5, 0.6) is 0 Å². The Kier molecular flexibility index (Phi) is 7.87. The third kappa shape index (κ3) is 7.34. The SMILES string of the molecule is CC(C)CN1CCC(OCCCNC(C)C)CC1. The minimum atomic E-state index is 0.507. The summed E-state index contributed by atoms with van der Waals surface area (Å²) in [6.45, 7) is 14.6. The highest BCUT2D eigenvalue weighted by atomic mass is 16.5. The first kappa shape index (κ1) is 15.9. The third-order valence-corrected chi connectivity index (χ3v) is 3.39. The fraction of sp³-hybridized carbons (Fsp3) is 1.00. The van der Waals surface area contributed by atoms with Gasteiger partial charge in [0.05, 0.1) is 6.10 Å². The Morgan fingerprint density at radius 2 is 1.83 bits per heavy atom. The van der Waals surface area contributed by atoms with Crippen LogP contribution in [0.25, 0.3) is 0 Å². The molecule has 0 unspecified atom stereocenters. The second-order valence-electron chi connectivity index (χ2n) is 6.23. The van der Waals surface area contributed by atoms with E-state index < -0.39 is 0 Å².